The van der Waals surface area contributed by atoms with Gasteiger partial charge in [-0.3, -0.25) is 4.90 Å². The molecule has 0 saturated carbocycles. The molecule has 0 aromatic carbocycles. The number of nitrogens with zero attached hydrogens (tertiary/aromatic N) is 1. The number of likely N-dealkylation sites (N-methyl/N-ethyl adjacent to an activating group) is 1. The molecule has 0 radical (unpaired) electrons. The SMILES string of the molecule is CBCC(C)CCN(CC)C/C=C\C. The molecule has 0 aliphatic heterocycles. The topological polar surface area (TPSA) is 3.24 Å². The van der Waals surface area contributed by atoms with Crippen LogP contribution in [0.2, 0.25) is 13.1 Å². The van der Waals surface area contributed by atoms with Gasteiger partial charge in [0.05, 0.1) is 0 Å². The Hall–Kier alpha value is -0.235. The summed E-state index contributed by atoms with van der Waals surface area (Å²) in [6.07, 6.45) is 7.10. The van der Waals surface area contributed by atoms with E-state index in [0.29, 0.717) is 0 Å². The van der Waals surface area contributed by atoms with E-state index in [9.17, 15) is 0 Å². The van der Waals surface area contributed by atoms with Gasteiger partial charge < -0.3 is 0 Å². The van der Waals surface area contributed by atoms with Crippen LogP contribution in [0.3, 0.4) is 0 Å². The minimum atomic E-state index is 0.889. The molecular formula is C12H26BN. The molecule has 0 rings (SSSR count). The highest BCUT2D eigenvalue weighted by Gasteiger charge is 2.04. The summed E-state index contributed by atoms with van der Waals surface area (Å²) in [6.45, 7) is 12.5. The van der Waals surface area contributed by atoms with E-state index in [1.54, 1.807) is 0 Å². The predicted octanol–water partition coefficient (Wildman–Crippen LogP) is 2.81. The van der Waals surface area contributed by atoms with Crippen molar-refractivity contribution in [3.63, 3.8) is 0 Å². The van der Waals surface area contributed by atoms with Gasteiger partial charge in [0, 0.05) is 6.54 Å². The summed E-state index contributed by atoms with van der Waals surface area (Å²) < 4.78 is 0. The second-order valence-electron chi connectivity index (χ2n) is 4.14. The lowest BCUT2D eigenvalue weighted by Gasteiger charge is -2.20. The highest BCUT2D eigenvalue weighted by Crippen LogP contribution is 2.08. The van der Waals surface area contributed by atoms with Gasteiger partial charge in [-0.1, -0.05) is 39.1 Å². The van der Waals surface area contributed by atoms with Crippen molar-refractivity contribution in [2.75, 3.05) is 19.6 Å². The van der Waals surface area contributed by atoms with Crippen LogP contribution in [0.15, 0.2) is 12.2 Å². The quantitative estimate of drug-likeness (QED) is 0.425. The molecule has 0 aliphatic carbocycles. The minimum Gasteiger partial charge on any atom is -0.300 e. The molecule has 0 spiro atoms. The van der Waals surface area contributed by atoms with Crippen molar-refractivity contribution in [2.45, 2.75) is 40.3 Å². The fourth-order valence-corrected chi connectivity index (χ4v) is 1.67. The van der Waals surface area contributed by atoms with E-state index >= 15 is 0 Å². The van der Waals surface area contributed by atoms with Crippen LogP contribution in [0, 0.1) is 5.92 Å². The van der Waals surface area contributed by atoms with Crippen molar-refractivity contribution in [2.24, 2.45) is 5.92 Å². The zero-order valence-electron chi connectivity index (χ0n) is 10.4. The number of rotatable bonds is 8. The summed E-state index contributed by atoms with van der Waals surface area (Å²) in [6, 6.07) is 0. The van der Waals surface area contributed by atoms with Crippen molar-refractivity contribution in [3.05, 3.63) is 12.2 Å². The van der Waals surface area contributed by atoms with Crippen LogP contribution >= 0.6 is 0 Å². The second kappa shape index (κ2) is 9.33. The van der Waals surface area contributed by atoms with E-state index in [0.717, 1.165) is 12.5 Å². The molecule has 2 heteroatoms. The Morgan fingerprint density at radius 1 is 1.43 bits per heavy atom. The molecule has 0 aliphatic rings. The van der Waals surface area contributed by atoms with Crippen molar-refractivity contribution >= 4 is 7.28 Å². The largest absolute Gasteiger partial charge is 0.300 e. The van der Waals surface area contributed by atoms with Gasteiger partial charge in [-0.15, -0.1) is 0 Å². The molecule has 0 bridgehead atoms. The number of allylic oxidation sites excluding steroid dienone is 1. The average Bonchev–Trinajstić information content (AvgIpc) is 2.19. The van der Waals surface area contributed by atoms with Gasteiger partial charge >= 0.3 is 0 Å². The predicted molar refractivity (Wildman–Crippen MR) is 68.5 cm³/mol. The molecule has 0 amide bonds. The van der Waals surface area contributed by atoms with Crippen LogP contribution in [0.25, 0.3) is 0 Å². The monoisotopic (exact) mass is 195 g/mol. The Morgan fingerprint density at radius 2 is 2.14 bits per heavy atom. The van der Waals surface area contributed by atoms with Crippen molar-refractivity contribution < 1.29 is 0 Å². The molecule has 14 heavy (non-hydrogen) atoms. The smallest absolute Gasteiger partial charge is 0.117 e. The van der Waals surface area contributed by atoms with E-state index in [1.165, 1.54) is 33.1 Å². The Labute approximate surface area is 90.8 Å². The third-order valence-corrected chi connectivity index (χ3v) is 2.77. The molecule has 1 unspecified atom stereocenters. The zero-order chi connectivity index (χ0) is 10.8. The van der Waals surface area contributed by atoms with Gasteiger partial charge in [-0.2, -0.15) is 0 Å². The maximum Gasteiger partial charge on any atom is 0.117 e. The highest BCUT2D eigenvalue weighted by atomic mass is 15.1. The first kappa shape index (κ1) is 13.8. The first-order chi connectivity index (χ1) is 6.74. The van der Waals surface area contributed by atoms with Crippen LogP contribution in [-0.2, 0) is 0 Å². The standard InChI is InChI=1S/C12H26BN/c1-5-7-9-14(6-2)10-8-12(3)11-13-4/h5,7,12-13H,6,8-11H2,1-4H3/b7-5-. The molecule has 0 saturated heterocycles. The Kier molecular flexibility index (Phi) is 9.17. The minimum absolute atomic E-state index is 0.889. The Balaban J connectivity index is 3.60. The lowest BCUT2D eigenvalue weighted by Crippen LogP contribution is -2.25. The summed E-state index contributed by atoms with van der Waals surface area (Å²) in [4.78, 5) is 2.51. The van der Waals surface area contributed by atoms with Crippen molar-refractivity contribution in [1.82, 2.24) is 4.90 Å². The van der Waals surface area contributed by atoms with Crippen LogP contribution in [0.1, 0.15) is 27.2 Å². The van der Waals surface area contributed by atoms with E-state index in [4.69, 9.17) is 0 Å². The number of hydrogen-bond donors (Lipinski definition) is 0. The molecular weight excluding hydrogens is 169 g/mol. The summed E-state index contributed by atoms with van der Waals surface area (Å²) in [7, 11) is 1.32. The summed E-state index contributed by atoms with van der Waals surface area (Å²) in [5.41, 5.74) is 0. The van der Waals surface area contributed by atoms with Crippen LogP contribution in [0.4, 0.5) is 0 Å². The molecule has 0 heterocycles. The van der Waals surface area contributed by atoms with E-state index in [2.05, 4.69) is 44.6 Å². The molecule has 0 aromatic heterocycles. The van der Waals surface area contributed by atoms with Crippen molar-refractivity contribution in [3.8, 4) is 0 Å². The van der Waals surface area contributed by atoms with Gasteiger partial charge in [0.1, 0.15) is 7.28 Å². The van der Waals surface area contributed by atoms with Gasteiger partial charge in [-0.05, 0) is 32.4 Å². The molecule has 82 valence electrons. The third kappa shape index (κ3) is 7.20. The normalized spacial score (nSPS) is 13.8. The maximum atomic E-state index is 2.51. The summed E-state index contributed by atoms with van der Waals surface area (Å²) in [5.74, 6) is 0.889. The average molecular weight is 195 g/mol. The van der Waals surface area contributed by atoms with Gasteiger partial charge in [-0.25, -0.2) is 0 Å². The van der Waals surface area contributed by atoms with Gasteiger partial charge in [0.2, 0.25) is 0 Å². The van der Waals surface area contributed by atoms with Crippen molar-refractivity contribution in [1.29, 1.82) is 0 Å². The first-order valence-corrected chi connectivity index (χ1v) is 6.08. The lowest BCUT2D eigenvalue weighted by molar-refractivity contribution is 0.297. The van der Waals surface area contributed by atoms with E-state index in [1.807, 2.05) is 0 Å². The summed E-state index contributed by atoms with van der Waals surface area (Å²) >= 11 is 0. The fraction of sp³-hybridized carbons (Fsp3) is 0.833. The third-order valence-electron chi connectivity index (χ3n) is 2.77. The lowest BCUT2D eigenvalue weighted by atomic mass is 9.72. The van der Waals surface area contributed by atoms with Gasteiger partial charge in [0.15, 0.2) is 0 Å². The maximum absolute atomic E-state index is 2.51. The van der Waals surface area contributed by atoms with Gasteiger partial charge in [0.25, 0.3) is 0 Å². The second-order valence-corrected chi connectivity index (χ2v) is 4.14. The zero-order valence-corrected chi connectivity index (χ0v) is 10.4. The molecule has 0 N–H and O–H groups in total. The van der Waals surface area contributed by atoms with Crippen LogP contribution < -0.4 is 0 Å². The summed E-state index contributed by atoms with van der Waals surface area (Å²) in [5, 5.41) is 0. The van der Waals surface area contributed by atoms with E-state index < -0.39 is 0 Å². The molecule has 0 aromatic rings. The first-order valence-electron chi connectivity index (χ1n) is 6.08. The van der Waals surface area contributed by atoms with Crippen LogP contribution in [-0.4, -0.2) is 31.8 Å². The molecule has 0 fully saturated rings. The van der Waals surface area contributed by atoms with Crippen LogP contribution in [0.5, 0.6) is 0 Å². The highest BCUT2D eigenvalue weighted by molar-refractivity contribution is 6.33. The van der Waals surface area contributed by atoms with E-state index in [-0.39, 0.29) is 0 Å². The molecule has 1 atom stereocenters. The number of hydrogen-bond acceptors (Lipinski definition) is 1. The fourth-order valence-electron chi connectivity index (χ4n) is 1.67. The molecule has 1 nitrogen and oxygen atoms in total. The Bertz CT molecular complexity index is 145. The Morgan fingerprint density at radius 3 is 2.64 bits per heavy atom.